The summed E-state index contributed by atoms with van der Waals surface area (Å²) < 4.78 is 0. The van der Waals surface area contributed by atoms with Crippen LogP contribution in [-0.2, 0) is 6.54 Å². The lowest BCUT2D eigenvalue weighted by atomic mass is 9.93. The summed E-state index contributed by atoms with van der Waals surface area (Å²) in [4.78, 5) is 6.64. The number of pyridine rings is 1. The highest BCUT2D eigenvalue weighted by Gasteiger charge is 2.21. The van der Waals surface area contributed by atoms with Crippen molar-refractivity contribution in [3.05, 3.63) is 27.5 Å². The van der Waals surface area contributed by atoms with Crippen LogP contribution in [0.1, 0.15) is 38.4 Å². The molecule has 0 aliphatic rings. The molecule has 3 nitrogen and oxygen atoms in total. The van der Waals surface area contributed by atoms with Crippen LogP contribution >= 0.6 is 23.2 Å². The lowest BCUT2D eigenvalue weighted by Gasteiger charge is -2.32. The van der Waals surface area contributed by atoms with Gasteiger partial charge in [-0.1, -0.05) is 44.0 Å². The maximum Gasteiger partial charge on any atom is 0.135 e. The lowest BCUT2D eigenvalue weighted by molar-refractivity contribution is 0.176. The minimum Gasteiger partial charge on any atom is -0.330 e. The first-order valence-electron chi connectivity index (χ1n) is 7.03. The van der Waals surface area contributed by atoms with Gasteiger partial charge in [0.2, 0.25) is 0 Å². The Bertz CT molecular complexity index is 424. The molecule has 0 fully saturated rings. The number of nitrogens with two attached hydrogens (primary N) is 1. The van der Waals surface area contributed by atoms with Crippen molar-refractivity contribution in [2.75, 3.05) is 19.6 Å². The van der Waals surface area contributed by atoms with E-state index in [2.05, 4.69) is 30.7 Å². The molecule has 1 aromatic heterocycles. The van der Waals surface area contributed by atoms with Gasteiger partial charge in [-0.3, -0.25) is 4.90 Å². The van der Waals surface area contributed by atoms with Gasteiger partial charge in [0.15, 0.2) is 0 Å². The number of aromatic nitrogens is 1. The van der Waals surface area contributed by atoms with Gasteiger partial charge in [-0.15, -0.1) is 0 Å². The maximum atomic E-state index is 6.31. The van der Waals surface area contributed by atoms with Crippen LogP contribution in [0.4, 0.5) is 0 Å². The van der Waals surface area contributed by atoms with E-state index in [1.165, 1.54) is 0 Å². The Balaban J connectivity index is 2.91. The number of hydrogen-bond donors (Lipinski definition) is 1. The molecule has 5 heteroatoms. The average Bonchev–Trinajstić information content (AvgIpc) is 2.33. The fourth-order valence-electron chi connectivity index (χ4n) is 2.19. The first kappa shape index (κ1) is 17.7. The Hall–Kier alpha value is -0.350. The topological polar surface area (TPSA) is 42.2 Å². The van der Waals surface area contributed by atoms with Crippen LogP contribution in [0.25, 0.3) is 0 Å². The number of aryl methyl sites for hydroxylation is 1. The Labute approximate surface area is 132 Å². The number of hydrogen-bond acceptors (Lipinski definition) is 3. The third-order valence-electron chi connectivity index (χ3n) is 3.27. The van der Waals surface area contributed by atoms with E-state index < -0.39 is 0 Å². The molecule has 2 N–H and O–H groups in total. The molecular weight excluding hydrogens is 293 g/mol. The average molecular weight is 318 g/mol. The molecule has 20 heavy (non-hydrogen) atoms. The van der Waals surface area contributed by atoms with Gasteiger partial charge >= 0.3 is 0 Å². The third kappa shape index (κ3) is 5.21. The molecular formula is C15H25Cl2N3. The maximum absolute atomic E-state index is 6.31. The van der Waals surface area contributed by atoms with Crippen LogP contribution in [0.3, 0.4) is 0 Å². The van der Waals surface area contributed by atoms with Crippen molar-refractivity contribution in [2.24, 2.45) is 11.1 Å². The molecule has 114 valence electrons. The second-order valence-electron chi connectivity index (χ2n) is 6.09. The van der Waals surface area contributed by atoms with Crippen molar-refractivity contribution in [2.45, 2.75) is 40.7 Å². The lowest BCUT2D eigenvalue weighted by Crippen LogP contribution is -2.39. The van der Waals surface area contributed by atoms with E-state index in [-0.39, 0.29) is 5.41 Å². The van der Waals surface area contributed by atoms with Gasteiger partial charge in [0.25, 0.3) is 0 Å². The second kappa shape index (κ2) is 7.60. The zero-order chi connectivity index (χ0) is 15.3. The monoisotopic (exact) mass is 317 g/mol. The Morgan fingerprint density at radius 2 is 2.00 bits per heavy atom. The van der Waals surface area contributed by atoms with E-state index in [4.69, 9.17) is 28.9 Å². The summed E-state index contributed by atoms with van der Waals surface area (Å²) >= 11 is 12.5. The van der Waals surface area contributed by atoms with Gasteiger partial charge < -0.3 is 5.73 Å². The minimum atomic E-state index is 0.0756. The van der Waals surface area contributed by atoms with E-state index in [1.807, 2.05) is 13.0 Å². The van der Waals surface area contributed by atoms with Crippen LogP contribution < -0.4 is 5.73 Å². The SMILES string of the molecule is CCCN(Cc1c(Cl)cc(C)nc1Cl)CC(C)(C)CN. The van der Waals surface area contributed by atoms with Crippen LogP contribution in [0.5, 0.6) is 0 Å². The van der Waals surface area contributed by atoms with Gasteiger partial charge in [-0.2, -0.15) is 0 Å². The summed E-state index contributed by atoms with van der Waals surface area (Å²) in [7, 11) is 0. The first-order valence-corrected chi connectivity index (χ1v) is 7.78. The fraction of sp³-hybridized carbons (Fsp3) is 0.667. The van der Waals surface area contributed by atoms with Crippen molar-refractivity contribution in [1.82, 2.24) is 9.88 Å². The highest BCUT2D eigenvalue weighted by atomic mass is 35.5. The second-order valence-corrected chi connectivity index (χ2v) is 6.86. The number of rotatable bonds is 7. The number of halogens is 2. The molecule has 0 radical (unpaired) electrons. The van der Waals surface area contributed by atoms with E-state index in [0.29, 0.717) is 23.3 Å². The van der Waals surface area contributed by atoms with Gasteiger partial charge in [0, 0.05) is 29.4 Å². The Morgan fingerprint density at radius 3 is 2.50 bits per heavy atom. The normalized spacial score (nSPS) is 12.2. The summed E-state index contributed by atoms with van der Waals surface area (Å²) in [5.41, 5.74) is 7.65. The van der Waals surface area contributed by atoms with Gasteiger partial charge in [0.1, 0.15) is 5.15 Å². The van der Waals surface area contributed by atoms with Crippen LogP contribution in [0.2, 0.25) is 10.2 Å². The minimum absolute atomic E-state index is 0.0756. The molecule has 0 saturated heterocycles. The van der Waals surface area contributed by atoms with E-state index in [1.54, 1.807) is 0 Å². The van der Waals surface area contributed by atoms with E-state index >= 15 is 0 Å². The summed E-state index contributed by atoms with van der Waals surface area (Å²) in [5.74, 6) is 0. The molecule has 1 rings (SSSR count). The molecule has 0 amide bonds. The Morgan fingerprint density at radius 1 is 1.35 bits per heavy atom. The summed E-state index contributed by atoms with van der Waals surface area (Å²) in [5, 5.41) is 1.19. The van der Waals surface area contributed by atoms with Crippen LogP contribution in [0, 0.1) is 12.3 Å². The van der Waals surface area contributed by atoms with Gasteiger partial charge in [-0.25, -0.2) is 4.98 Å². The quantitative estimate of drug-likeness (QED) is 0.776. The molecule has 0 atom stereocenters. The largest absolute Gasteiger partial charge is 0.330 e. The Kier molecular flexibility index (Phi) is 6.73. The zero-order valence-corrected chi connectivity index (χ0v) is 14.4. The molecule has 0 bridgehead atoms. The molecule has 0 saturated carbocycles. The van der Waals surface area contributed by atoms with Crippen LogP contribution in [-0.4, -0.2) is 29.5 Å². The molecule has 1 heterocycles. The highest BCUT2D eigenvalue weighted by molar-refractivity contribution is 6.35. The van der Waals surface area contributed by atoms with Crippen molar-refractivity contribution in [3.63, 3.8) is 0 Å². The van der Waals surface area contributed by atoms with E-state index in [9.17, 15) is 0 Å². The highest BCUT2D eigenvalue weighted by Crippen LogP contribution is 2.26. The zero-order valence-electron chi connectivity index (χ0n) is 12.8. The van der Waals surface area contributed by atoms with Crippen molar-refractivity contribution < 1.29 is 0 Å². The predicted octanol–water partition coefficient (Wildman–Crippen LogP) is 3.89. The summed E-state index contributed by atoms with van der Waals surface area (Å²) in [6.45, 7) is 11.7. The summed E-state index contributed by atoms with van der Waals surface area (Å²) in [6.07, 6.45) is 1.08. The molecule has 0 aliphatic carbocycles. The van der Waals surface area contributed by atoms with Crippen molar-refractivity contribution >= 4 is 23.2 Å². The number of nitrogens with zero attached hydrogens (tertiary/aromatic N) is 2. The van der Waals surface area contributed by atoms with E-state index in [0.717, 1.165) is 30.8 Å². The van der Waals surface area contributed by atoms with Gasteiger partial charge in [0.05, 0.1) is 0 Å². The first-order chi connectivity index (χ1) is 9.29. The molecule has 1 aromatic rings. The predicted molar refractivity (Wildman–Crippen MR) is 87.4 cm³/mol. The van der Waals surface area contributed by atoms with Gasteiger partial charge in [-0.05, 0) is 37.9 Å². The molecule has 0 spiro atoms. The standard InChI is InChI=1S/C15H25Cl2N3/c1-5-6-20(10-15(3,4)9-18)8-12-13(16)7-11(2)19-14(12)17/h7H,5-6,8-10,18H2,1-4H3. The smallest absolute Gasteiger partial charge is 0.135 e. The molecule has 0 aliphatic heterocycles. The summed E-state index contributed by atoms with van der Waals surface area (Å²) in [6, 6.07) is 1.86. The fourth-order valence-corrected chi connectivity index (χ4v) is 2.84. The molecule has 0 unspecified atom stereocenters. The molecule has 0 aromatic carbocycles. The third-order valence-corrected chi connectivity index (χ3v) is 3.92. The van der Waals surface area contributed by atoms with Crippen LogP contribution in [0.15, 0.2) is 6.07 Å². The van der Waals surface area contributed by atoms with Crippen molar-refractivity contribution in [3.8, 4) is 0 Å². The van der Waals surface area contributed by atoms with Crippen molar-refractivity contribution in [1.29, 1.82) is 0 Å².